The molecule has 0 saturated heterocycles. The maximum Gasteiger partial charge on any atom is 0.269 e. The van der Waals surface area contributed by atoms with E-state index in [1.54, 1.807) is 25.1 Å². The number of aryl methyl sites for hydroxylation is 1. The summed E-state index contributed by atoms with van der Waals surface area (Å²) in [5.74, 6) is -0.778. The average molecular weight is 382 g/mol. The fraction of sp³-hybridized carbons (Fsp3) is 0.0625. The average Bonchev–Trinajstić information content (AvgIpc) is 2.98. The fourth-order valence-corrected chi connectivity index (χ4v) is 3.00. The summed E-state index contributed by atoms with van der Waals surface area (Å²) in [6.07, 6.45) is 0. The molecule has 0 saturated carbocycles. The van der Waals surface area contributed by atoms with Crippen molar-refractivity contribution in [2.75, 3.05) is 5.32 Å². The van der Waals surface area contributed by atoms with Crippen molar-refractivity contribution in [3.63, 3.8) is 0 Å². The zero-order chi connectivity index (χ0) is 17.3. The highest BCUT2D eigenvalue weighted by atomic mass is 35.5. The maximum absolute atomic E-state index is 13.7. The molecule has 0 aliphatic rings. The van der Waals surface area contributed by atoms with Gasteiger partial charge in [0.2, 0.25) is 0 Å². The molecule has 0 aliphatic heterocycles. The summed E-state index contributed by atoms with van der Waals surface area (Å²) < 4.78 is 17.4. The number of carbonyl (C=O) groups is 1. The van der Waals surface area contributed by atoms with E-state index in [2.05, 4.69) is 14.9 Å². The number of rotatable bonds is 3. The molecule has 122 valence electrons. The van der Waals surface area contributed by atoms with Gasteiger partial charge < -0.3 is 5.32 Å². The van der Waals surface area contributed by atoms with Gasteiger partial charge >= 0.3 is 0 Å². The highest BCUT2D eigenvalue weighted by Gasteiger charge is 2.16. The summed E-state index contributed by atoms with van der Waals surface area (Å²) in [7, 11) is 0. The number of anilines is 1. The summed E-state index contributed by atoms with van der Waals surface area (Å²) in [5.41, 5.74) is 2.12. The van der Waals surface area contributed by atoms with E-state index < -0.39 is 5.82 Å². The number of amides is 1. The summed E-state index contributed by atoms with van der Waals surface area (Å²) in [5, 5.41) is 7.32. The van der Waals surface area contributed by atoms with Crippen LogP contribution in [0.5, 0.6) is 0 Å². The molecule has 24 heavy (non-hydrogen) atoms. The molecule has 1 aromatic heterocycles. The molecule has 0 aliphatic carbocycles. The number of hydrogen-bond donors (Lipinski definition) is 1. The maximum atomic E-state index is 13.7. The minimum absolute atomic E-state index is 0.346. The molecule has 1 amide bonds. The molecular weight excluding hydrogens is 372 g/mol. The lowest BCUT2D eigenvalue weighted by molar-refractivity contribution is 0.103. The second-order valence-corrected chi connectivity index (χ2v) is 6.53. The molecular formula is C16H10Cl2FN3OS. The van der Waals surface area contributed by atoms with Crippen LogP contribution in [0.2, 0.25) is 10.0 Å². The van der Waals surface area contributed by atoms with E-state index in [9.17, 15) is 9.18 Å². The van der Waals surface area contributed by atoms with E-state index >= 15 is 0 Å². The van der Waals surface area contributed by atoms with Gasteiger partial charge in [-0.3, -0.25) is 4.79 Å². The Morgan fingerprint density at radius 3 is 2.62 bits per heavy atom. The van der Waals surface area contributed by atoms with Gasteiger partial charge in [-0.25, -0.2) is 4.39 Å². The topological polar surface area (TPSA) is 54.9 Å². The van der Waals surface area contributed by atoms with Crippen LogP contribution in [0.1, 0.15) is 15.4 Å². The van der Waals surface area contributed by atoms with Crippen molar-refractivity contribution >= 4 is 46.3 Å². The number of halogens is 3. The molecule has 0 bridgehead atoms. The van der Waals surface area contributed by atoms with Crippen molar-refractivity contribution in [1.29, 1.82) is 0 Å². The third kappa shape index (κ3) is 3.40. The Morgan fingerprint density at radius 1 is 1.17 bits per heavy atom. The number of nitrogens with one attached hydrogen (secondary N) is 1. The van der Waals surface area contributed by atoms with Gasteiger partial charge in [-0.1, -0.05) is 33.8 Å². The van der Waals surface area contributed by atoms with Crippen LogP contribution in [0.3, 0.4) is 0 Å². The second kappa shape index (κ2) is 6.84. The monoisotopic (exact) mass is 381 g/mol. The minimum Gasteiger partial charge on any atom is -0.321 e. The normalized spacial score (nSPS) is 10.7. The van der Waals surface area contributed by atoms with Crippen LogP contribution in [0.25, 0.3) is 11.1 Å². The van der Waals surface area contributed by atoms with Gasteiger partial charge in [-0.15, -0.1) is 5.10 Å². The standard InChI is InChI=1S/C16H10Cl2FN3OS/c1-8-15(24-22-21-8)16(23)20-14-5-3-10(19)7-11(14)9-2-4-12(17)13(18)6-9/h2-7H,1H3,(H,20,23). The lowest BCUT2D eigenvalue weighted by Crippen LogP contribution is -2.12. The molecule has 0 unspecified atom stereocenters. The zero-order valence-electron chi connectivity index (χ0n) is 12.3. The predicted molar refractivity (Wildman–Crippen MR) is 94.5 cm³/mol. The third-order valence-electron chi connectivity index (χ3n) is 3.32. The summed E-state index contributed by atoms with van der Waals surface area (Å²) in [6, 6.07) is 9.04. The number of nitrogens with zero attached hydrogens (tertiary/aromatic N) is 2. The molecule has 1 N–H and O–H groups in total. The van der Waals surface area contributed by atoms with Crippen molar-refractivity contribution in [3.05, 3.63) is 62.8 Å². The first-order chi connectivity index (χ1) is 11.5. The lowest BCUT2D eigenvalue weighted by Gasteiger charge is -2.12. The van der Waals surface area contributed by atoms with Crippen molar-refractivity contribution < 1.29 is 9.18 Å². The number of aromatic nitrogens is 2. The van der Waals surface area contributed by atoms with E-state index in [-0.39, 0.29) is 5.91 Å². The highest BCUT2D eigenvalue weighted by Crippen LogP contribution is 2.33. The van der Waals surface area contributed by atoms with Gasteiger partial charge in [0.1, 0.15) is 10.7 Å². The van der Waals surface area contributed by atoms with E-state index in [0.29, 0.717) is 37.4 Å². The number of hydrogen-bond acceptors (Lipinski definition) is 4. The minimum atomic E-state index is -0.426. The first-order valence-electron chi connectivity index (χ1n) is 6.81. The van der Waals surface area contributed by atoms with Gasteiger partial charge in [-0.2, -0.15) is 0 Å². The van der Waals surface area contributed by atoms with Gasteiger partial charge in [0, 0.05) is 11.3 Å². The van der Waals surface area contributed by atoms with Crippen LogP contribution in [-0.4, -0.2) is 15.5 Å². The summed E-state index contributed by atoms with van der Waals surface area (Å²) in [6.45, 7) is 1.70. The molecule has 4 nitrogen and oxygen atoms in total. The highest BCUT2D eigenvalue weighted by molar-refractivity contribution is 7.08. The fourth-order valence-electron chi connectivity index (χ4n) is 2.15. The van der Waals surface area contributed by atoms with E-state index in [1.807, 2.05) is 0 Å². The van der Waals surface area contributed by atoms with Crippen LogP contribution < -0.4 is 5.32 Å². The molecule has 8 heteroatoms. The van der Waals surface area contributed by atoms with Gasteiger partial charge in [-0.05, 0) is 54.4 Å². The third-order valence-corrected chi connectivity index (χ3v) is 4.88. The smallest absolute Gasteiger partial charge is 0.269 e. The Morgan fingerprint density at radius 2 is 1.96 bits per heavy atom. The van der Waals surface area contributed by atoms with Gasteiger partial charge in [0.15, 0.2) is 0 Å². The molecule has 1 heterocycles. The van der Waals surface area contributed by atoms with Crippen LogP contribution in [0.4, 0.5) is 10.1 Å². The first kappa shape index (κ1) is 16.8. The van der Waals surface area contributed by atoms with Gasteiger partial charge in [0.25, 0.3) is 5.91 Å². The Kier molecular flexibility index (Phi) is 4.80. The Balaban J connectivity index is 2.01. The zero-order valence-corrected chi connectivity index (χ0v) is 14.6. The summed E-state index contributed by atoms with van der Waals surface area (Å²) >= 11 is 13.0. The second-order valence-electron chi connectivity index (χ2n) is 4.96. The Hall–Kier alpha value is -2.02. The van der Waals surface area contributed by atoms with Crippen molar-refractivity contribution in [3.8, 4) is 11.1 Å². The van der Waals surface area contributed by atoms with E-state index in [4.69, 9.17) is 23.2 Å². The Labute approximate surface area is 151 Å². The molecule has 2 aromatic carbocycles. The molecule has 0 atom stereocenters. The van der Waals surface area contributed by atoms with E-state index in [0.717, 1.165) is 11.5 Å². The van der Waals surface area contributed by atoms with Crippen molar-refractivity contribution in [2.24, 2.45) is 0 Å². The lowest BCUT2D eigenvalue weighted by atomic mass is 10.0. The molecule has 3 aromatic rings. The van der Waals surface area contributed by atoms with Crippen LogP contribution in [0.15, 0.2) is 36.4 Å². The summed E-state index contributed by atoms with van der Waals surface area (Å²) in [4.78, 5) is 12.8. The molecule has 0 radical (unpaired) electrons. The van der Waals surface area contributed by atoms with Crippen LogP contribution >= 0.6 is 34.7 Å². The Bertz CT molecular complexity index is 929. The van der Waals surface area contributed by atoms with Crippen LogP contribution in [0, 0.1) is 12.7 Å². The molecule has 0 spiro atoms. The van der Waals surface area contributed by atoms with E-state index in [1.165, 1.54) is 18.2 Å². The van der Waals surface area contributed by atoms with Crippen molar-refractivity contribution in [1.82, 2.24) is 9.59 Å². The van der Waals surface area contributed by atoms with Crippen LogP contribution in [-0.2, 0) is 0 Å². The molecule has 3 rings (SSSR count). The SMILES string of the molecule is Cc1nnsc1C(=O)Nc1ccc(F)cc1-c1ccc(Cl)c(Cl)c1. The van der Waals surface area contributed by atoms with Crippen molar-refractivity contribution in [2.45, 2.75) is 6.92 Å². The predicted octanol–water partition coefficient (Wildman–Crippen LogP) is 5.21. The number of carbonyl (C=O) groups excluding carboxylic acids is 1. The van der Waals surface area contributed by atoms with Gasteiger partial charge in [0.05, 0.1) is 15.7 Å². The number of benzene rings is 2. The largest absolute Gasteiger partial charge is 0.321 e. The quantitative estimate of drug-likeness (QED) is 0.677. The molecule has 0 fully saturated rings. The first-order valence-corrected chi connectivity index (χ1v) is 8.34.